The summed E-state index contributed by atoms with van der Waals surface area (Å²) >= 11 is 0. The van der Waals surface area contributed by atoms with E-state index in [1.54, 1.807) is 0 Å². The molecule has 1 atom stereocenters. The summed E-state index contributed by atoms with van der Waals surface area (Å²) in [6.45, 7) is 3.22. The molecular weight excluding hydrogens is 254 g/mol. The van der Waals surface area contributed by atoms with E-state index in [0.29, 0.717) is 5.92 Å². The highest BCUT2D eigenvalue weighted by Gasteiger charge is 2.03. The van der Waals surface area contributed by atoms with Gasteiger partial charge in [0.2, 0.25) is 0 Å². The minimum atomic E-state index is 0.716. The fourth-order valence-corrected chi connectivity index (χ4v) is 2.96. The van der Waals surface area contributed by atoms with Crippen molar-refractivity contribution in [3.05, 3.63) is 35.9 Å². The van der Waals surface area contributed by atoms with Gasteiger partial charge in [-0.1, -0.05) is 95.0 Å². The molecule has 120 valence electrons. The lowest BCUT2D eigenvalue weighted by Gasteiger charge is -2.11. The molecule has 1 unspecified atom stereocenters. The predicted octanol–water partition coefficient (Wildman–Crippen LogP) is 6.04. The SMILES string of the molecule is CC(CCCCCCCCCCCCN)c1ccccc1. The predicted molar refractivity (Wildman–Crippen MR) is 94.7 cm³/mol. The van der Waals surface area contributed by atoms with Crippen LogP contribution in [0.15, 0.2) is 30.3 Å². The van der Waals surface area contributed by atoms with Crippen LogP contribution in [0.2, 0.25) is 0 Å². The van der Waals surface area contributed by atoms with Crippen LogP contribution in [-0.2, 0) is 0 Å². The van der Waals surface area contributed by atoms with E-state index in [2.05, 4.69) is 37.3 Å². The molecule has 0 bridgehead atoms. The lowest BCUT2D eigenvalue weighted by atomic mass is 9.95. The minimum absolute atomic E-state index is 0.716. The van der Waals surface area contributed by atoms with Crippen LogP contribution in [0.5, 0.6) is 0 Å². The molecule has 0 aromatic heterocycles. The molecule has 1 heteroatoms. The summed E-state index contributed by atoms with van der Waals surface area (Å²) in [7, 11) is 0. The first-order valence-corrected chi connectivity index (χ1v) is 9.09. The number of hydrogen-bond donors (Lipinski definition) is 1. The van der Waals surface area contributed by atoms with E-state index in [0.717, 1.165) is 6.54 Å². The zero-order chi connectivity index (χ0) is 15.2. The van der Waals surface area contributed by atoms with Gasteiger partial charge in [-0.05, 0) is 30.9 Å². The maximum absolute atomic E-state index is 5.50. The number of nitrogens with two attached hydrogens (primary N) is 1. The standard InChI is InChI=1S/C20H35N/c1-19(20-16-12-10-13-17-20)15-11-8-6-4-2-3-5-7-9-14-18-21/h10,12-13,16-17,19H,2-9,11,14-15,18,21H2,1H3. The molecule has 0 heterocycles. The van der Waals surface area contributed by atoms with Gasteiger partial charge in [0, 0.05) is 0 Å². The first kappa shape index (κ1) is 18.2. The molecule has 1 aromatic carbocycles. The van der Waals surface area contributed by atoms with E-state index in [9.17, 15) is 0 Å². The molecule has 1 nitrogen and oxygen atoms in total. The zero-order valence-corrected chi connectivity index (χ0v) is 14.0. The highest BCUT2D eigenvalue weighted by atomic mass is 14.5. The Labute approximate surface area is 132 Å². The minimum Gasteiger partial charge on any atom is -0.330 e. The first-order valence-electron chi connectivity index (χ1n) is 9.09. The number of benzene rings is 1. The Morgan fingerprint density at radius 2 is 1.19 bits per heavy atom. The average molecular weight is 290 g/mol. The van der Waals surface area contributed by atoms with Gasteiger partial charge >= 0.3 is 0 Å². The molecule has 0 radical (unpaired) electrons. The van der Waals surface area contributed by atoms with Crippen LogP contribution >= 0.6 is 0 Å². The van der Waals surface area contributed by atoms with Crippen molar-refractivity contribution >= 4 is 0 Å². The molecule has 0 spiro atoms. The molecular formula is C20H35N. The fraction of sp³-hybridized carbons (Fsp3) is 0.700. The summed E-state index contributed by atoms with van der Waals surface area (Å²) < 4.78 is 0. The second-order valence-corrected chi connectivity index (χ2v) is 6.42. The van der Waals surface area contributed by atoms with Crippen LogP contribution in [-0.4, -0.2) is 6.54 Å². The van der Waals surface area contributed by atoms with Crippen molar-refractivity contribution in [3.63, 3.8) is 0 Å². The molecule has 0 aliphatic carbocycles. The lowest BCUT2D eigenvalue weighted by Crippen LogP contribution is -1.97. The second-order valence-electron chi connectivity index (χ2n) is 6.42. The van der Waals surface area contributed by atoms with E-state index in [-0.39, 0.29) is 0 Å². The van der Waals surface area contributed by atoms with Crippen molar-refractivity contribution in [2.24, 2.45) is 5.73 Å². The van der Waals surface area contributed by atoms with Gasteiger partial charge in [0.15, 0.2) is 0 Å². The molecule has 0 amide bonds. The molecule has 0 aliphatic heterocycles. The fourth-order valence-electron chi connectivity index (χ4n) is 2.96. The Balaban J connectivity index is 1.86. The van der Waals surface area contributed by atoms with Gasteiger partial charge in [-0.15, -0.1) is 0 Å². The third-order valence-corrected chi connectivity index (χ3v) is 4.46. The van der Waals surface area contributed by atoms with Gasteiger partial charge in [-0.2, -0.15) is 0 Å². The number of rotatable bonds is 13. The third-order valence-electron chi connectivity index (χ3n) is 4.46. The average Bonchev–Trinajstić information content (AvgIpc) is 2.53. The number of unbranched alkanes of at least 4 members (excludes halogenated alkanes) is 9. The normalized spacial score (nSPS) is 12.5. The van der Waals surface area contributed by atoms with E-state index in [1.807, 2.05) is 0 Å². The summed E-state index contributed by atoms with van der Waals surface area (Å²) in [6, 6.07) is 10.9. The Kier molecular flexibility index (Phi) is 11.2. The van der Waals surface area contributed by atoms with Gasteiger partial charge in [0.1, 0.15) is 0 Å². The Bertz CT molecular complexity index is 320. The lowest BCUT2D eigenvalue weighted by molar-refractivity contribution is 0.533. The summed E-state index contributed by atoms with van der Waals surface area (Å²) in [5.74, 6) is 0.716. The maximum Gasteiger partial charge on any atom is -0.00773 e. The molecule has 2 N–H and O–H groups in total. The highest BCUT2D eigenvalue weighted by molar-refractivity contribution is 5.18. The first-order chi connectivity index (χ1) is 10.3. The Morgan fingerprint density at radius 3 is 1.71 bits per heavy atom. The van der Waals surface area contributed by atoms with Crippen LogP contribution in [0.25, 0.3) is 0 Å². The maximum atomic E-state index is 5.50. The summed E-state index contributed by atoms with van der Waals surface area (Å²) in [4.78, 5) is 0. The van der Waals surface area contributed by atoms with E-state index >= 15 is 0 Å². The largest absolute Gasteiger partial charge is 0.330 e. The van der Waals surface area contributed by atoms with Crippen molar-refractivity contribution < 1.29 is 0 Å². The Morgan fingerprint density at radius 1 is 0.714 bits per heavy atom. The van der Waals surface area contributed by atoms with Crippen LogP contribution in [0.3, 0.4) is 0 Å². The molecule has 0 saturated carbocycles. The number of hydrogen-bond acceptors (Lipinski definition) is 1. The summed E-state index contributed by atoms with van der Waals surface area (Å²) in [6.07, 6.45) is 15.1. The molecule has 0 fully saturated rings. The van der Waals surface area contributed by atoms with Crippen molar-refractivity contribution in [1.82, 2.24) is 0 Å². The Hall–Kier alpha value is -0.820. The molecule has 21 heavy (non-hydrogen) atoms. The molecule has 1 aromatic rings. The van der Waals surface area contributed by atoms with Crippen LogP contribution in [0.4, 0.5) is 0 Å². The molecule has 0 aliphatic rings. The summed E-state index contributed by atoms with van der Waals surface area (Å²) in [5, 5.41) is 0. The van der Waals surface area contributed by atoms with Crippen molar-refractivity contribution in [1.29, 1.82) is 0 Å². The van der Waals surface area contributed by atoms with E-state index in [4.69, 9.17) is 5.73 Å². The smallest absolute Gasteiger partial charge is 0.00773 e. The van der Waals surface area contributed by atoms with Crippen LogP contribution in [0.1, 0.15) is 89.0 Å². The quantitative estimate of drug-likeness (QED) is 0.440. The zero-order valence-electron chi connectivity index (χ0n) is 14.0. The van der Waals surface area contributed by atoms with Gasteiger partial charge in [0.25, 0.3) is 0 Å². The van der Waals surface area contributed by atoms with Crippen molar-refractivity contribution in [3.8, 4) is 0 Å². The van der Waals surface area contributed by atoms with Crippen molar-refractivity contribution in [2.45, 2.75) is 83.5 Å². The van der Waals surface area contributed by atoms with Gasteiger partial charge in [0.05, 0.1) is 0 Å². The molecule has 0 saturated heterocycles. The molecule has 1 rings (SSSR count). The van der Waals surface area contributed by atoms with Gasteiger partial charge < -0.3 is 5.73 Å². The topological polar surface area (TPSA) is 26.0 Å². The van der Waals surface area contributed by atoms with E-state index < -0.39 is 0 Å². The van der Waals surface area contributed by atoms with Gasteiger partial charge in [-0.25, -0.2) is 0 Å². The highest BCUT2D eigenvalue weighted by Crippen LogP contribution is 2.22. The monoisotopic (exact) mass is 289 g/mol. The van der Waals surface area contributed by atoms with Crippen LogP contribution in [0, 0.1) is 0 Å². The van der Waals surface area contributed by atoms with Gasteiger partial charge in [-0.3, -0.25) is 0 Å². The summed E-state index contributed by atoms with van der Waals surface area (Å²) in [5.41, 5.74) is 6.99. The van der Waals surface area contributed by atoms with Crippen LogP contribution < -0.4 is 5.73 Å². The van der Waals surface area contributed by atoms with E-state index in [1.165, 1.54) is 76.2 Å². The second kappa shape index (κ2) is 12.9. The third kappa shape index (κ3) is 9.68. The van der Waals surface area contributed by atoms with Crippen molar-refractivity contribution in [2.75, 3.05) is 6.54 Å².